The molecule has 2 aliphatic rings. The molecule has 0 N–H and O–H groups in total. The summed E-state index contributed by atoms with van der Waals surface area (Å²) in [5.74, 6) is 1.33. The molecule has 0 bridgehead atoms. The van der Waals surface area contributed by atoms with Crippen LogP contribution in [0, 0.1) is 11.8 Å². The summed E-state index contributed by atoms with van der Waals surface area (Å²) < 4.78 is 5.20. The van der Waals surface area contributed by atoms with Gasteiger partial charge in [0.25, 0.3) is 0 Å². The van der Waals surface area contributed by atoms with Crippen LogP contribution in [0.1, 0.15) is 25.7 Å². The molecular weight excluding hydrogens is 228 g/mol. The second-order valence-electron chi connectivity index (χ2n) is 5.80. The lowest BCUT2D eigenvalue weighted by molar-refractivity contribution is -0.138. The van der Waals surface area contributed by atoms with E-state index in [0.717, 1.165) is 58.5 Å². The number of piperidine rings is 2. The Hall–Kier alpha value is -0.610. The molecule has 0 radical (unpaired) electrons. The first-order valence-corrected chi connectivity index (χ1v) is 7.17. The molecule has 0 aromatic heterocycles. The maximum Gasteiger partial charge on any atom is 0.225 e. The maximum absolute atomic E-state index is 12.4. The minimum absolute atomic E-state index is 0.278. The van der Waals surface area contributed by atoms with Gasteiger partial charge in [0.1, 0.15) is 0 Å². The number of amides is 1. The van der Waals surface area contributed by atoms with E-state index in [4.69, 9.17) is 4.74 Å². The molecule has 2 rings (SSSR count). The van der Waals surface area contributed by atoms with E-state index in [1.54, 1.807) is 7.11 Å². The predicted molar refractivity (Wildman–Crippen MR) is 71.4 cm³/mol. The second-order valence-corrected chi connectivity index (χ2v) is 5.80. The smallest absolute Gasteiger partial charge is 0.225 e. The van der Waals surface area contributed by atoms with E-state index in [1.807, 2.05) is 0 Å². The fourth-order valence-electron chi connectivity index (χ4n) is 3.07. The molecule has 2 aliphatic heterocycles. The molecule has 0 aromatic carbocycles. The minimum Gasteiger partial charge on any atom is -0.384 e. The van der Waals surface area contributed by atoms with Crippen LogP contribution in [0.2, 0.25) is 0 Å². The SMILES string of the molecule is COCC1CCN(C(=O)C2CCN(C)CC2)CC1. The van der Waals surface area contributed by atoms with Gasteiger partial charge >= 0.3 is 0 Å². The third-order valence-electron chi connectivity index (χ3n) is 4.40. The summed E-state index contributed by atoms with van der Waals surface area (Å²) in [5, 5.41) is 0. The number of hydrogen-bond donors (Lipinski definition) is 0. The number of hydrogen-bond acceptors (Lipinski definition) is 3. The number of methoxy groups -OCH3 is 1. The van der Waals surface area contributed by atoms with E-state index in [9.17, 15) is 4.79 Å². The molecular formula is C14H26N2O2. The van der Waals surface area contributed by atoms with Crippen LogP contribution in [0.5, 0.6) is 0 Å². The van der Waals surface area contributed by atoms with Gasteiger partial charge < -0.3 is 14.5 Å². The molecule has 0 saturated carbocycles. The Morgan fingerprint density at radius 1 is 1.11 bits per heavy atom. The average Bonchev–Trinajstić information content (AvgIpc) is 2.40. The van der Waals surface area contributed by atoms with Crippen LogP contribution >= 0.6 is 0 Å². The van der Waals surface area contributed by atoms with Gasteiger partial charge in [-0.3, -0.25) is 4.79 Å². The van der Waals surface area contributed by atoms with Crippen molar-refractivity contribution in [2.24, 2.45) is 11.8 Å². The topological polar surface area (TPSA) is 32.8 Å². The molecule has 4 nitrogen and oxygen atoms in total. The summed E-state index contributed by atoms with van der Waals surface area (Å²) in [5.41, 5.74) is 0. The molecule has 0 spiro atoms. The van der Waals surface area contributed by atoms with Crippen LogP contribution in [-0.4, -0.2) is 62.7 Å². The lowest BCUT2D eigenvalue weighted by atomic mass is 9.92. The van der Waals surface area contributed by atoms with Crippen LogP contribution in [0.3, 0.4) is 0 Å². The molecule has 104 valence electrons. The summed E-state index contributed by atoms with van der Waals surface area (Å²) in [7, 11) is 3.90. The van der Waals surface area contributed by atoms with Crippen LogP contribution < -0.4 is 0 Å². The Bertz CT molecular complexity index is 267. The number of ether oxygens (including phenoxy) is 1. The van der Waals surface area contributed by atoms with Gasteiger partial charge in [-0.15, -0.1) is 0 Å². The van der Waals surface area contributed by atoms with Crippen molar-refractivity contribution in [3.63, 3.8) is 0 Å². The van der Waals surface area contributed by atoms with E-state index in [0.29, 0.717) is 11.8 Å². The number of rotatable bonds is 3. The van der Waals surface area contributed by atoms with Crippen molar-refractivity contribution in [3.8, 4) is 0 Å². The Balaban J connectivity index is 1.77. The highest BCUT2D eigenvalue weighted by Gasteiger charge is 2.29. The lowest BCUT2D eigenvalue weighted by Gasteiger charge is -2.36. The number of likely N-dealkylation sites (tertiary alicyclic amines) is 2. The lowest BCUT2D eigenvalue weighted by Crippen LogP contribution is -2.45. The highest BCUT2D eigenvalue weighted by atomic mass is 16.5. The van der Waals surface area contributed by atoms with E-state index >= 15 is 0 Å². The second kappa shape index (κ2) is 6.53. The molecule has 0 aliphatic carbocycles. The molecule has 0 aromatic rings. The minimum atomic E-state index is 0.278. The quantitative estimate of drug-likeness (QED) is 0.759. The number of carbonyl (C=O) groups excluding carboxylic acids is 1. The van der Waals surface area contributed by atoms with Gasteiger partial charge in [-0.1, -0.05) is 0 Å². The molecule has 0 unspecified atom stereocenters. The molecule has 18 heavy (non-hydrogen) atoms. The highest BCUT2D eigenvalue weighted by Crippen LogP contribution is 2.23. The Morgan fingerprint density at radius 2 is 1.72 bits per heavy atom. The summed E-state index contributed by atoms with van der Waals surface area (Å²) in [6, 6.07) is 0. The molecule has 4 heteroatoms. The first kappa shape index (κ1) is 13.8. The van der Waals surface area contributed by atoms with Crippen LogP contribution in [0.25, 0.3) is 0 Å². The van der Waals surface area contributed by atoms with Gasteiger partial charge in [-0.2, -0.15) is 0 Å². The first-order chi connectivity index (χ1) is 8.70. The summed E-state index contributed by atoms with van der Waals surface area (Å²) in [6.07, 6.45) is 4.28. The molecule has 2 heterocycles. The Morgan fingerprint density at radius 3 is 2.28 bits per heavy atom. The number of carbonyl (C=O) groups is 1. The molecule has 1 amide bonds. The fourth-order valence-corrected chi connectivity index (χ4v) is 3.07. The third kappa shape index (κ3) is 3.45. The summed E-state index contributed by atoms with van der Waals surface area (Å²) in [4.78, 5) is 16.8. The monoisotopic (exact) mass is 254 g/mol. The van der Waals surface area contributed by atoms with E-state index in [2.05, 4.69) is 16.8 Å². The van der Waals surface area contributed by atoms with E-state index < -0.39 is 0 Å². The molecule has 2 fully saturated rings. The highest BCUT2D eigenvalue weighted by molar-refractivity contribution is 5.79. The van der Waals surface area contributed by atoms with Crippen molar-refractivity contribution in [3.05, 3.63) is 0 Å². The van der Waals surface area contributed by atoms with E-state index in [1.165, 1.54) is 0 Å². The largest absolute Gasteiger partial charge is 0.384 e. The Labute approximate surface area is 110 Å². The third-order valence-corrected chi connectivity index (χ3v) is 4.40. The standard InChI is InChI=1S/C14H26N2O2/c1-15-7-5-13(6-8-15)14(17)16-9-3-12(4-10-16)11-18-2/h12-13H,3-11H2,1-2H3. The van der Waals surface area contributed by atoms with E-state index in [-0.39, 0.29) is 5.92 Å². The molecule has 0 atom stereocenters. The van der Waals surface area contributed by atoms with Gasteiger partial charge in [0.05, 0.1) is 0 Å². The van der Waals surface area contributed by atoms with Crippen LogP contribution in [0.4, 0.5) is 0 Å². The average molecular weight is 254 g/mol. The van der Waals surface area contributed by atoms with Gasteiger partial charge in [0, 0.05) is 32.7 Å². The van der Waals surface area contributed by atoms with Gasteiger partial charge in [0.15, 0.2) is 0 Å². The van der Waals surface area contributed by atoms with Crippen LogP contribution in [-0.2, 0) is 9.53 Å². The van der Waals surface area contributed by atoms with Crippen molar-refractivity contribution in [1.29, 1.82) is 0 Å². The number of nitrogens with zero attached hydrogens (tertiary/aromatic N) is 2. The predicted octanol–water partition coefficient (Wildman–Crippen LogP) is 1.21. The van der Waals surface area contributed by atoms with Crippen molar-refractivity contribution in [1.82, 2.24) is 9.80 Å². The van der Waals surface area contributed by atoms with Gasteiger partial charge in [-0.05, 0) is 51.7 Å². The summed E-state index contributed by atoms with van der Waals surface area (Å²) in [6.45, 7) is 4.84. The van der Waals surface area contributed by atoms with Crippen molar-refractivity contribution < 1.29 is 9.53 Å². The van der Waals surface area contributed by atoms with Gasteiger partial charge in [0.2, 0.25) is 5.91 Å². The van der Waals surface area contributed by atoms with Crippen molar-refractivity contribution >= 4 is 5.91 Å². The summed E-state index contributed by atoms with van der Waals surface area (Å²) >= 11 is 0. The Kier molecular flexibility index (Phi) is 5.01. The fraction of sp³-hybridized carbons (Fsp3) is 0.929. The molecule has 2 saturated heterocycles. The van der Waals surface area contributed by atoms with Crippen molar-refractivity contribution in [2.45, 2.75) is 25.7 Å². The zero-order chi connectivity index (χ0) is 13.0. The maximum atomic E-state index is 12.4. The van der Waals surface area contributed by atoms with Crippen molar-refractivity contribution in [2.75, 3.05) is 46.9 Å². The zero-order valence-electron chi connectivity index (χ0n) is 11.7. The first-order valence-electron chi connectivity index (χ1n) is 7.17. The normalized spacial score (nSPS) is 24.4. The van der Waals surface area contributed by atoms with Gasteiger partial charge in [-0.25, -0.2) is 0 Å². The van der Waals surface area contributed by atoms with Crippen LogP contribution in [0.15, 0.2) is 0 Å². The zero-order valence-corrected chi connectivity index (χ0v) is 11.7.